The Morgan fingerprint density at radius 3 is 2.46 bits per heavy atom. The normalized spacial score (nSPS) is 10.7. The molecule has 0 fully saturated rings. The van der Waals surface area contributed by atoms with E-state index < -0.39 is 5.41 Å². The van der Waals surface area contributed by atoms with Crippen molar-refractivity contribution in [2.45, 2.75) is 33.6 Å². The molecular formula is C10H18N2O. The van der Waals surface area contributed by atoms with Gasteiger partial charge in [0.05, 0.1) is 6.07 Å². The monoisotopic (exact) mass is 182 g/mol. The van der Waals surface area contributed by atoms with Crippen LogP contribution >= 0.6 is 0 Å². The van der Waals surface area contributed by atoms with Crippen LogP contribution in [0.25, 0.3) is 0 Å². The number of unbranched alkanes of at least 4 members (excludes halogenated alkanes) is 1. The number of carbonyl (C=O) groups is 1. The highest BCUT2D eigenvalue weighted by Gasteiger charge is 2.29. The molecule has 0 aromatic carbocycles. The van der Waals surface area contributed by atoms with Crippen LogP contribution in [0, 0.1) is 16.7 Å². The second-order valence-corrected chi connectivity index (χ2v) is 3.82. The number of hydrogen-bond donors (Lipinski definition) is 0. The van der Waals surface area contributed by atoms with Crippen LogP contribution in [-0.2, 0) is 4.79 Å². The molecule has 0 unspecified atom stereocenters. The lowest BCUT2D eigenvalue weighted by Crippen LogP contribution is -2.38. The van der Waals surface area contributed by atoms with Gasteiger partial charge in [0.25, 0.3) is 0 Å². The second-order valence-electron chi connectivity index (χ2n) is 3.82. The van der Waals surface area contributed by atoms with Crippen molar-refractivity contribution in [3.63, 3.8) is 0 Å². The van der Waals surface area contributed by atoms with Crippen LogP contribution in [0.1, 0.15) is 33.6 Å². The molecule has 0 saturated carbocycles. The summed E-state index contributed by atoms with van der Waals surface area (Å²) in [7, 11) is 1.75. The van der Waals surface area contributed by atoms with Crippen molar-refractivity contribution in [3.05, 3.63) is 0 Å². The Balaban J connectivity index is 4.19. The molecular weight excluding hydrogens is 164 g/mol. The molecule has 0 rings (SSSR count). The van der Waals surface area contributed by atoms with Gasteiger partial charge in [-0.25, -0.2) is 0 Å². The van der Waals surface area contributed by atoms with Gasteiger partial charge in [0.1, 0.15) is 5.41 Å². The van der Waals surface area contributed by atoms with Crippen molar-refractivity contribution in [1.82, 2.24) is 4.90 Å². The summed E-state index contributed by atoms with van der Waals surface area (Å²) in [6.07, 6.45) is 2.05. The summed E-state index contributed by atoms with van der Waals surface area (Å²) in [5.74, 6) is -0.0940. The average molecular weight is 182 g/mol. The predicted molar refractivity (Wildman–Crippen MR) is 51.9 cm³/mol. The van der Waals surface area contributed by atoms with E-state index in [1.807, 2.05) is 6.07 Å². The Hall–Kier alpha value is -1.04. The number of nitrogens with zero attached hydrogens (tertiary/aromatic N) is 2. The highest BCUT2D eigenvalue weighted by molar-refractivity contribution is 5.84. The molecule has 0 radical (unpaired) electrons. The first-order valence-corrected chi connectivity index (χ1v) is 4.62. The first-order chi connectivity index (χ1) is 5.95. The summed E-state index contributed by atoms with van der Waals surface area (Å²) in [5, 5.41) is 8.74. The molecule has 0 atom stereocenters. The number of carbonyl (C=O) groups excluding carboxylic acids is 1. The maximum absolute atomic E-state index is 11.6. The molecule has 0 aliphatic heterocycles. The zero-order valence-electron chi connectivity index (χ0n) is 8.92. The van der Waals surface area contributed by atoms with Crippen LogP contribution in [0.3, 0.4) is 0 Å². The van der Waals surface area contributed by atoms with Crippen LogP contribution in [0.15, 0.2) is 0 Å². The van der Waals surface area contributed by atoms with E-state index in [4.69, 9.17) is 5.26 Å². The summed E-state index contributed by atoms with van der Waals surface area (Å²) in [6, 6.07) is 2.01. The van der Waals surface area contributed by atoms with E-state index >= 15 is 0 Å². The molecule has 0 N–H and O–H groups in total. The van der Waals surface area contributed by atoms with Crippen molar-refractivity contribution in [1.29, 1.82) is 5.26 Å². The van der Waals surface area contributed by atoms with Gasteiger partial charge in [-0.15, -0.1) is 0 Å². The topological polar surface area (TPSA) is 44.1 Å². The average Bonchev–Trinajstić information content (AvgIpc) is 2.12. The van der Waals surface area contributed by atoms with Gasteiger partial charge in [0.2, 0.25) is 5.91 Å². The predicted octanol–water partition coefficient (Wildman–Crippen LogP) is 1.79. The summed E-state index contributed by atoms with van der Waals surface area (Å²) >= 11 is 0. The molecule has 74 valence electrons. The molecule has 0 saturated heterocycles. The van der Waals surface area contributed by atoms with Gasteiger partial charge >= 0.3 is 0 Å². The SMILES string of the molecule is CCCCN(C)C(=O)C(C)(C)C#N. The van der Waals surface area contributed by atoms with Gasteiger partial charge in [-0.05, 0) is 20.3 Å². The third-order valence-corrected chi connectivity index (χ3v) is 2.01. The zero-order chi connectivity index (χ0) is 10.5. The Kier molecular flexibility index (Phi) is 4.47. The van der Waals surface area contributed by atoms with E-state index in [0.29, 0.717) is 0 Å². The Bertz CT molecular complexity index is 215. The van der Waals surface area contributed by atoms with Crippen molar-refractivity contribution in [2.24, 2.45) is 5.41 Å². The molecule has 0 aromatic heterocycles. The van der Waals surface area contributed by atoms with Crippen molar-refractivity contribution in [3.8, 4) is 6.07 Å². The highest BCUT2D eigenvalue weighted by atomic mass is 16.2. The fourth-order valence-electron chi connectivity index (χ4n) is 1.02. The number of rotatable bonds is 4. The molecule has 0 heterocycles. The molecule has 1 amide bonds. The van der Waals surface area contributed by atoms with Crippen molar-refractivity contribution < 1.29 is 4.79 Å². The van der Waals surface area contributed by atoms with Crippen LogP contribution in [0.5, 0.6) is 0 Å². The molecule has 0 aliphatic carbocycles. The van der Waals surface area contributed by atoms with Crippen LogP contribution < -0.4 is 0 Å². The molecule has 3 heteroatoms. The van der Waals surface area contributed by atoms with Crippen molar-refractivity contribution >= 4 is 5.91 Å². The lowest BCUT2D eigenvalue weighted by molar-refractivity contribution is -0.136. The summed E-state index contributed by atoms with van der Waals surface area (Å²) in [6.45, 7) is 6.11. The molecule has 3 nitrogen and oxygen atoms in total. The third kappa shape index (κ3) is 3.45. The Morgan fingerprint density at radius 2 is 2.08 bits per heavy atom. The Labute approximate surface area is 80.3 Å². The minimum atomic E-state index is -0.886. The van der Waals surface area contributed by atoms with Crippen LogP contribution in [0.4, 0.5) is 0 Å². The molecule has 0 bridgehead atoms. The van der Waals surface area contributed by atoms with Gasteiger partial charge in [0.15, 0.2) is 0 Å². The second kappa shape index (κ2) is 4.86. The first-order valence-electron chi connectivity index (χ1n) is 4.62. The minimum Gasteiger partial charge on any atom is -0.344 e. The van der Waals surface area contributed by atoms with E-state index in [1.54, 1.807) is 25.8 Å². The third-order valence-electron chi connectivity index (χ3n) is 2.01. The van der Waals surface area contributed by atoms with Gasteiger partial charge in [-0.3, -0.25) is 4.79 Å². The van der Waals surface area contributed by atoms with E-state index in [2.05, 4.69) is 6.92 Å². The van der Waals surface area contributed by atoms with Gasteiger partial charge in [0, 0.05) is 13.6 Å². The van der Waals surface area contributed by atoms with Crippen LogP contribution in [0.2, 0.25) is 0 Å². The fourth-order valence-corrected chi connectivity index (χ4v) is 1.02. The number of nitriles is 1. The van der Waals surface area contributed by atoms with Crippen LogP contribution in [-0.4, -0.2) is 24.4 Å². The zero-order valence-corrected chi connectivity index (χ0v) is 8.92. The highest BCUT2D eigenvalue weighted by Crippen LogP contribution is 2.16. The lowest BCUT2D eigenvalue weighted by Gasteiger charge is -2.23. The molecule has 0 aliphatic rings. The Morgan fingerprint density at radius 1 is 1.54 bits per heavy atom. The van der Waals surface area contributed by atoms with E-state index in [-0.39, 0.29) is 5.91 Å². The van der Waals surface area contributed by atoms with E-state index in [0.717, 1.165) is 19.4 Å². The van der Waals surface area contributed by atoms with Gasteiger partial charge in [-0.1, -0.05) is 13.3 Å². The summed E-state index contributed by atoms with van der Waals surface area (Å²) in [5.41, 5.74) is -0.886. The van der Waals surface area contributed by atoms with E-state index in [1.165, 1.54) is 0 Å². The van der Waals surface area contributed by atoms with Gasteiger partial charge in [-0.2, -0.15) is 5.26 Å². The fraction of sp³-hybridized carbons (Fsp3) is 0.800. The first kappa shape index (κ1) is 12.0. The smallest absolute Gasteiger partial charge is 0.242 e. The number of amides is 1. The quantitative estimate of drug-likeness (QED) is 0.665. The summed E-state index contributed by atoms with van der Waals surface area (Å²) in [4.78, 5) is 13.2. The number of hydrogen-bond acceptors (Lipinski definition) is 2. The molecule has 13 heavy (non-hydrogen) atoms. The molecule has 0 aromatic rings. The van der Waals surface area contributed by atoms with Crippen molar-refractivity contribution in [2.75, 3.05) is 13.6 Å². The lowest BCUT2D eigenvalue weighted by atomic mass is 9.94. The molecule has 0 spiro atoms. The minimum absolute atomic E-state index is 0.0940. The summed E-state index contributed by atoms with van der Waals surface area (Å²) < 4.78 is 0. The maximum Gasteiger partial charge on any atom is 0.242 e. The maximum atomic E-state index is 11.6. The van der Waals surface area contributed by atoms with E-state index in [9.17, 15) is 4.79 Å². The standard InChI is InChI=1S/C10H18N2O/c1-5-6-7-12(4)9(13)10(2,3)8-11/h5-7H2,1-4H3. The van der Waals surface area contributed by atoms with Gasteiger partial charge < -0.3 is 4.90 Å². The largest absolute Gasteiger partial charge is 0.344 e.